The number of pyridine rings is 1. The number of halogens is 2. The average molecular weight is 336 g/mol. The van der Waals surface area contributed by atoms with Crippen LogP contribution in [-0.2, 0) is 11.2 Å². The molecule has 1 aromatic carbocycles. The molecular weight excluding hydrogens is 322 g/mol. The Labute approximate surface area is 136 Å². The number of fused-ring (bicyclic) bond motifs is 2. The van der Waals surface area contributed by atoms with Gasteiger partial charge in [0.25, 0.3) is 6.47 Å². The summed E-state index contributed by atoms with van der Waals surface area (Å²) in [4.78, 5) is 14.9. The molecule has 0 spiro atoms. The minimum atomic E-state index is -3.61. The number of nitrogens with zero attached hydrogens (tertiary/aromatic N) is 2. The molecular formula is C16H14F2N2O4. The van der Waals surface area contributed by atoms with E-state index in [-0.39, 0.29) is 18.0 Å². The van der Waals surface area contributed by atoms with Gasteiger partial charge in [0, 0.05) is 30.9 Å². The molecule has 0 aliphatic carbocycles. The number of benzene rings is 1. The van der Waals surface area contributed by atoms with Gasteiger partial charge in [0.1, 0.15) is 5.82 Å². The third-order valence-electron chi connectivity index (χ3n) is 3.76. The summed E-state index contributed by atoms with van der Waals surface area (Å²) in [6.45, 7) is 0.663. The normalized spacial score (nSPS) is 16.2. The molecule has 0 saturated carbocycles. The van der Waals surface area contributed by atoms with E-state index in [0.717, 1.165) is 29.9 Å². The van der Waals surface area contributed by atoms with E-state index in [0.29, 0.717) is 5.56 Å². The second-order valence-corrected chi connectivity index (χ2v) is 5.28. The number of hydrogen-bond acceptors (Lipinski definition) is 5. The molecule has 2 aliphatic rings. The summed E-state index contributed by atoms with van der Waals surface area (Å²) in [6, 6.07) is 6.83. The zero-order valence-corrected chi connectivity index (χ0v) is 12.7. The molecule has 1 N–H and O–H groups in total. The number of likely N-dealkylation sites (N-methyl/N-ethyl adjacent to an activating group) is 1. The zero-order chi connectivity index (χ0) is 17.3. The highest BCUT2D eigenvalue weighted by Crippen LogP contribution is 2.47. The number of para-hydroxylation sites is 1. The van der Waals surface area contributed by atoms with E-state index in [4.69, 9.17) is 9.90 Å². The van der Waals surface area contributed by atoms with Crippen LogP contribution in [0.5, 0.6) is 11.5 Å². The number of anilines is 1. The second kappa shape index (κ2) is 5.95. The minimum Gasteiger partial charge on any atom is -0.483 e. The predicted molar refractivity (Wildman–Crippen MR) is 81.5 cm³/mol. The Hall–Kier alpha value is -2.90. The Morgan fingerprint density at radius 2 is 2.12 bits per heavy atom. The smallest absolute Gasteiger partial charge is 0.483 e. The van der Waals surface area contributed by atoms with Gasteiger partial charge in [-0.1, -0.05) is 12.1 Å². The third-order valence-corrected chi connectivity index (χ3v) is 3.76. The van der Waals surface area contributed by atoms with Crippen LogP contribution in [0.1, 0.15) is 5.56 Å². The van der Waals surface area contributed by atoms with Gasteiger partial charge in [-0.25, -0.2) is 4.98 Å². The van der Waals surface area contributed by atoms with Crippen molar-refractivity contribution >= 4 is 12.3 Å². The fourth-order valence-electron chi connectivity index (χ4n) is 2.77. The Morgan fingerprint density at radius 3 is 2.88 bits per heavy atom. The topological polar surface area (TPSA) is 71.9 Å². The first-order valence-electron chi connectivity index (χ1n) is 7.12. The van der Waals surface area contributed by atoms with E-state index in [1.807, 2.05) is 13.1 Å². The van der Waals surface area contributed by atoms with Crippen molar-refractivity contribution in [2.75, 3.05) is 18.5 Å². The number of ether oxygens (including phenoxy) is 2. The van der Waals surface area contributed by atoms with E-state index in [1.54, 1.807) is 18.3 Å². The van der Waals surface area contributed by atoms with Crippen LogP contribution in [0.25, 0.3) is 11.1 Å². The van der Waals surface area contributed by atoms with E-state index >= 15 is 0 Å². The first-order valence-corrected chi connectivity index (χ1v) is 7.12. The predicted octanol–water partition coefficient (Wildman–Crippen LogP) is 2.76. The average Bonchev–Trinajstić information content (AvgIpc) is 3.05. The lowest BCUT2D eigenvalue weighted by Crippen LogP contribution is -2.26. The maximum Gasteiger partial charge on any atom is 0.586 e. The summed E-state index contributed by atoms with van der Waals surface area (Å²) in [5.41, 5.74) is 2.43. The van der Waals surface area contributed by atoms with Gasteiger partial charge >= 0.3 is 6.29 Å². The fourth-order valence-corrected chi connectivity index (χ4v) is 2.77. The molecule has 0 unspecified atom stereocenters. The molecule has 0 radical (unpaired) electrons. The summed E-state index contributed by atoms with van der Waals surface area (Å²) < 4.78 is 35.6. The number of rotatable bonds is 1. The van der Waals surface area contributed by atoms with Crippen molar-refractivity contribution in [1.29, 1.82) is 0 Å². The molecule has 0 atom stereocenters. The van der Waals surface area contributed by atoms with Gasteiger partial charge in [-0.15, -0.1) is 8.78 Å². The third kappa shape index (κ3) is 2.82. The molecule has 4 rings (SSSR count). The van der Waals surface area contributed by atoms with Crippen LogP contribution in [0, 0.1) is 0 Å². The largest absolute Gasteiger partial charge is 0.586 e. The Morgan fingerprint density at radius 1 is 1.38 bits per heavy atom. The molecule has 0 bridgehead atoms. The van der Waals surface area contributed by atoms with Gasteiger partial charge in [0.05, 0.1) is 0 Å². The molecule has 126 valence electrons. The number of carbonyl (C=O) groups is 1. The van der Waals surface area contributed by atoms with Crippen LogP contribution in [0.2, 0.25) is 0 Å². The standard InChI is InChI=1S/C15H12F2N2O2.CH2O2/c1-19-6-5-9-7-10(8-18-14(9)19)11-3-2-4-12-13(11)21-15(16,17)20-12;2-1-3/h2-4,7-8H,5-6H2,1H3;1H,(H,2,3). The van der Waals surface area contributed by atoms with Crippen LogP contribution in [0.15, 0.2) is 30.5 Å². The van der Waals surface area contributed by atoms with E-state index in [2.05, 4.69) is 19.4 Å². The van der Waals surface area contributed by atoms with Crippen LogP contribution in [0.4, 0.5) is 14.6 Å². The lowest BCUT2D eigenvalue weighted by atomic mass is 10.0. The molecule has 3 heterocycles. The van der Waals surface area contributed by atoms with Crippen LogP contribution >= 0.6 is 0 Å². The van der Waals surface area contributed by atoms with Crippen molar-refractivity contribution in [3.8, 4) is 22.6 Å². The van der Waals surface area contributed by atoms with Gasteiger partial charge < -0.3 is 19.5 Å². The molecule has 24 heavy (non-hydrogen) atoms. The molecule has 6 nitrogen and oxygen atoms in total. The Bertz CT molecular complexity index is 783. The molecule has 0 saturated heterocycles. The van der Waals surface area contributed by atoms with Gasteiger partial charge in [-0.05, 0) is 24.1 Å². The van der Waals surface area contributed by atoms with E-state index in [1.165, 1.54) is 6.07 Å². The van der Waals surface area contributed by atoms with Gasteiger partial charge in [-0.3, -0.25) is 4.79 Å². The summed E-state index contributed by atoms with van der Waals surface area (Å²) in [5.74, 6) is 1.06. The lowest BCUT2D eigenvalue weighted by Gasteiger charge is -2.11. The SMILES string of the molecule is CN1CCc2cc(-c3cccc4c3OC(F)(F)O4)cnc21.O=CO. The highest BCUT2D eigenvalue weighted by Gasteiger charge is 2.44. The van der Waals surface area contributed by atoms with Crippen molar-refractivity contribution in [3.05, 3.63) is 36.0 Å². The molecule has 8 heteroatoms. The van der Waals surface area contributed by atoms with Gasteiger partial charge in [0.15, 0.2) is 11.5 Å². The Kier molecular flexibility index (Phi) is 3.96. The lowest BCUT2D eigenvalue weighted by molar-refractivity contribution is -0.286. The van der Waals surface area contributed by atoms with Crippen molar-refractivity contribution in [2.45, 2.75) is 12.7 Å². The van der Waals surface area contributed by atoms with Crippen LogP contribution in [-0.4, -0.2) is 36.4 Å². The molecule has 0 fully saturated rings. The summed E-state index contributed by atoms with van der Waals surface area (Å²) >= 11 is 0. The van der Waals surface area contributed by atoms with Crippen molar-refractivity contribution in [2.24, 2.45) is 0 Å². The van der Waals surface area contributed by atoms with E-state index < -0.39 is 6.29 Å². The highest BCUT2D eigenvalue weighted by molar-refractivity contribution is 5.76. The highest BCUT2D eigenvalue weighted by atomic mass is 19.3. The Balaban J connectivity index is 0.000000526. The van der Waals surface area contributed by atoms with Crippen molar-refractivity contribution < 1.29 is 28.2 Å². The first-order chi connectivity index (χ1) is 11.4. The van der Waals surface area contributed by atoms with E-state index in [9.17, 15) is 8.78 Å². The molecule has 2 aliphatic heterocycles. The summed E-state index contributed by atoms with van der Waals surface area (Å²) in [6.07, 6.45) is -1.03. The monoisotopic (exact) mass is 336 g/mol. The minimum absolute atomic E-state index is 0.0510. The number of aromatic nitrogens is 1. The quantitative estimate of drug-likeness (QED) is 0.808. The maximum atomic E-state index is 13.2. The van der Waals surface area contributed by atoms with Crippen molar-refractivity contribution in [3.63, 3.8) is 0 Å². The second-order valence-electron chi connectivity index (χ2n) is 5.28. The molecule has 1 aromatic heterocycles. The number of carboxylic acid groups (broad SMARTS) is 1. The number of hydrogen-bond donors (Lipinski definition) is 1. The van der Waals surface area contributed by atoms with Crippen LogP contribution in [0.3, 0.4) is 0 Å². The van der Waals surface area contributed by atoms with Crippen molar-refractivity contribution in [1.82, 2.24) is 4.98 Å². The van der Waals surface area contributed by atoms with Gasteiger partial charge in [0.2, 0.25) is 0 Å². The summed E-state index contributed by atoms with van der Waals surface area (Å²) in [7, 11) is 1.98. The summed E-state index contributed by atoms with van der Waals surface area (Å²) in [5, 5.41) is 6.89. The maximum absolute atomic E-state index is 13.2. The molecule has 0 amide bonds. The first kappa shape index (κ1) is 16.0. The molecule has 2 aromatic rings. The van der Waals surface area contributed by atoms with Crippen LogP contribution < -0.4 is 14.4 Å². The number of alkyl halides is 2. The zero-order valence-electron chi connectivity index (χ0n) is 12.7. The van der Waals surface area contributed by atoms with Gasteiger partial charge in [-0.2, -0.15) is 0 Å². The fraction of sp³-hybridized carbons (Fsp3) is 0.250.